The van der Waals surface area contributed by atoms with Crippen LogP contribution in [0.2, 0.25) is 0 Å². The summed E-state index contributed by atoms with van der Waals surface area (Å²) in [5.41, 5.74) is 0.712. The standard InChI is InChI=1S/C11H21N3.3ClH/c1-13-4-2-10(3-5-13)14-8-11(9-14)6-12-7-11;;;/h10,12H,2-9H2,1H3;3*1H. The Morgan fingerprint density at radius 3 is 1.94 bits per heavy atom. The van der Waals surface area contributed by atoms with Crippen LogP contribution in [0.3, 0.4) is 0 Å². The van der Waals surface area contributed by atoms with E-state index in [1.165, 1.54) is 52.1 Å². The molecule has 0 aliphatic carbocycles. The first-order chi connectivity index (χ1) is 6.77. The van der Waals surface area contributed by atoms with Crippen LogP contribution in [0.4, 0.5) is 0 Å². The van der Waals surface area contributed by atoms with Crippen molar-refractivity contribution in [3.63, 3.8) is 0 Å². The minimum atomic E-state index is 0. The lowest BCUT2D eigenvalue weighted by Gasteiger charge is -2.59. The smallest absolute Gasteiger partial charge is 0.0207 e. The van der Waals surface area contributed by atoms with E-state index in [0.717, 1.165) is 6.04 Å². The Hall–Kier alpha value is 0.750. The van der Waals surface area contributed by atoms with Gasteiger partial charge in [0, 0.05) is 37.6 Å². The van der Waals surface area contributed by atoms with Gasteiger partial charge in [0.25, 0.3) is 0 Å². The lowest BCUT2D eigenvalue weighted by atomic mass is 9.73. The maximum atomic E-state index is 3.40. The van der Waals surface area contributed by atoms with E-state index in [4.69, 9.17) is 0 Å². The molecule has 0 unspecified atom stereocenters. The van der Waals surface area contributed by atoms with E-state index in [2.05, 4.69) is 22.2 Å². The highest BCUT2D eigenvalue weighted by molar-refractivity contribution is 5.86. The second-order valence-corrected chi connectivity index (χ2v) is 5.54. The van der Waals surface area contributed by atoms with Gasteiger partial charge in [-0.2, -0.15) is 0 Å². The highest BCUT2D eigenvalue weighted by atomic mass is 35.5. The molecule has 0 aromatic heterocycles. The first-order valence-electron chi connectivity index (χ1n) is 5.91. The fourth-order valence-electron chi connectivity index (χ4n) is 3.14. The van der Waals surface area contributed by atoms with Crippen LogP contribution in [-0.4, -0.2) is 62.2 Å². The van der Waals surface area contributed by atoms with Crippen molar-refractivity contribution < 1.29 is 0 Å². The molecule has 0 amide bonds. The van der Waals surface area contributed by atoms with Crippen molar-refractivity contribution in [2.45, 2.75) is 18.9 Å². The minimum Gasteiger partial charge on any atom is -0.315 e. The molecule has 3 aliphatic heterocycles. The summed E-state index contributed by atoms with van der Waals surface area (Å²) in [6.45, 7) is 7.88. The van der Waals surface area contributed by atoms with Gasteiger partial charge >= 0.3 is 0 Å². The van der Waals surface area contributed by atoms with E-state index < -0.39 is 0 Å². The van der Waals surface area contributed by atoms with Gasteiger partial charge in [-0.1, -0.05) is 0 Å². The molecule has 0 aromatic rings. The molecule has 3 aliphatic rings. The van der Waals surface area contributed by atoms with Gasteiger partial charge in [-0.15, -0.1) is 37.2 Å². The highest BCUT2D eigenvalue weighted by Gasteiger charge is 2.49. The van der Waals surface area contributed by atoms with Gasteiger partial charge in [0.05, 0.1) is 0 Å². The third-order valence-corrected chi connectivity index (χ3v) is 4.28. The normalized spacial score (nSPS) is 28.1. The molecule has 3 saturated heterocycles. The van der Waals surface area contributed by atoms with Crippen molar-refractivity contribution >= 4 is 37.2 Å². The van der Waals surface area contributed by atoms with Crippen LogP contribution in [0.5, 0.6) is 0 Å². The monoisotopic (exact) mass is 303 g/mol. The van der Waals surface area contributed by atoms with Gasteiger partial charge < -0.3 is 10.2 Å². The zero-order valence-corrected chi connectivity index (χ0v) is 12.8. The van der Waals surface area contributed by atoms with E-state index in [0.29, 0.717) is 5.41 Å². The number of likely N-dealkylation sites (tertiary alicyclic amines) is 2. The van der Waals surface area contributed by atoms with Crippen LogP contribution in [0.25, 0.3) is 0 Å². The summed E-state index contributed by atoms with van der Waals surface area (Å²) in [5, 5.41) is 3.40. The topological polar surface area (TPSA) is 18.5 Å². The van der Waals surface area contributed by atoms with Crippen molar-refractivity contribution in [2.75, 3.05) is 46.3 Å². The Bertz CT molecular complexity index is 220. The summed E-state index contributed by atoms with van der Waals surface area (Å²) in [4.78, 5) is 5.17. The molecule has 0 aromatic carbocycles. The summed E-state index contributed by atoms with van der Waals surface area (Å²) < 4.78 is 0. The average molecular weight is 305 g/mol. The Kier molecular flexibility index (Phi) is 7.08. The maximum absolute atomic E-state index is 3.40. The fraction of sp³-hybridized carbons (Fsp3) is 1.00. The van der Waals surface area contributed by atoms with Crippen molar-refractivity contribution in [1.82, 2.24) is 15.1 Å². The summed E-state index contributed by atoms with van der Waals surface area (Å²) in [5.74, 6) is 0. The molecule has 1 spiro atoms. The van der Waals surface area contributed by atoms with Crippen LogP contribution in [-0.2, 0) is 0 Å². The van der Waals surface area contributed by atoms with Gasteiger partial charge in [0.2, 0.25) is 0 Å². The predicted octanol–water partition coefficient (Wildman–Crippen LogP) is 1.25. The molecule has 17 heavy (non-hydrogen) atoms. The largest absolute Gasteiger partial charge is 0.315 e. The molecule has 0 radical (unpaired) electrons. The van der Waals surface area contributed by atoms with Crippen molar-refractivity contribution in [1.29, 1.82) is 0 Å². The van der Waals surface area contributed by atoms with E-state index in [1.807, 2.05) is 0 Å². The predicted molar refractivity (Wildman–Crippen MR) is 79.1 cm³/mol. The lowest BCUT2D eigenvalue weighted by molar-refractivity contribution is -0.0756. The first kappa shape index (κ1) is 17.8. The number of piperidine rings is 1. The average Bonchev–Trinajstić information content (AvgIpc) is 2.03. The van der Waals surface area contributed by atoms with Crippen LogP contribution >= 0.6 is 37.2 Å². The van der Waals surface area contributed by atoms with Gasteiger partial charge in [-0.3, -0.25) is 4.90 Å². The number of hydrogen-bond acceptors (Lipinski definition) is 3. The maximum Gasteiger partial charge on any atom is 0.0207 e. The quantitative estimate of drug-likeness (QED) is 0.787. The Labute approximate surface area is 123 Å². The summed E-state index contributed by atoms with van der Waals surface area (Å²) >= 11 is 0. The van der Waals surface area contributed by atoms with E-state index in [9.17, 15) is 0 Å². The van der Waals surface area contributed by atoms with Crippen molar-refractivity contribution in [3.8, 4) is 0 Å². The van der Waals surface area contributed by atoms with E-state index in [1.54, 1.807) is 0 Å². The summed E-state index contributed by atoms with van der Waals surface area (Å²) in [6, 6.07) is 0.900. The van der Waals surface area contributed by atoms with Crippen LogP contribution in [0.1, 0.15) is 12.8 Å². The Morgan fingerprint density at radius 1 is 1.00 bits per heavy atom. The van der Waals surface area contributed by atoms with E-state index >= 15 is 0 Å². The molecule has 1 N–H and O–H groups in total. The van der Waals surface area contributed by atoms with Gasteiger partial charge in [0.1, 0.15) is 0 Å². The van der Waals surface area contributed by atoms with E-state index in [-0.39, 0.29) is 37.2 Å². The third kappa shape index (κ3) is 3.40. The summed E-state index contributed by atoms with van der Waals surface area (Å²) in [7, 11) is 2.24. The minimum absolute atomic E-state index is 0. The lowest BCUT2D eigenvalue weighted by Crippen LogP contribution is -2.73. The molecule has 3 nitrogen and oxygen atoms in total. The first-order valence-corrected chi connectivity index (χ1v) is 5.91. The highest BCUT2D eigenvalue weighted by Crippen LogP contribution is 2.37. The SMILES string of the molecule is CN1CCC(N2CC3(CNC3)C2)CC1.Cl.Cl.Cl. The molecule has 3 rings (SSSR count). The van der Waals surface area contributed by atoms with Gasteiger partial charge in [-0.25, -0.2) is 0 Å². The molecule has 0 bridgehead atoms. The number of nitrogens with one attached hydrogen (secondary N) is 1. The second-order valence-electron chi connectivity index (χ2n) is 5.54. The van der Waals surface area contributed by atoms with Gasteiger partial charge in [-0.05, 0) is 33.0 Å². The second kappa shape index (κ2) is 6.78. The molecule has 0 atom stereocenters. The van der Waals surface area contributed by atoms with Crippen molar-refractivity contribution in [3.05, 3.63) is 0 Å². The molecule has 0 saturated carbocycles. The number of nitrogens with zero attached hydrogens (tertiary/aromatic N) is 2. The number of hydrogen-bond donors (Lipinski definition) is 1. The van der Waals surface area contributed by atoms with Crippen LogP contribution in [0.15, 0.2) is 0 Å². The van der Waals surface area contributed by atoms with Crippen LogP contribution < -0.4 is 5.32 Å². The Morgan fingerprint density at radius 2 is 1.53 bits per heavy atom. The van der Waals surface area contributed by atoms with Crippen molar-refractivity contribution in [2.24, 2.45) is 5.41 Å². The molecule has 104 valence electrons. The summed E-state index contributed by atoms with van der Waals surface area (Å²) in [6.07, 6.45) is 2.78. The zero-order valence-electron chi connectivity index (χ0n) is 10.4. The molecule has 3 fully saturated rings. The Balaban J connectivity index is 0.000000853. The number of rotatable bonds is 1. The van der Waals surface area contributed by atoms with Crippen LogP contribution in [0, 0.1) is 5.41 Å². The molecular weight excluding hydrogens is 281 g/mol. The molecule has 6 heteroatoms. The molecular formula is C11H24Cl3N3. The third-order valence-electron chi connectivity index (χ3n) is 4.28. The zero-order chi connectivity index (χ0) is 9.60. The fourth-order valence-corrected chi connectivity index (χ4v) is 3.14. The van der Waals surface area contributed by atoms with Gasteiger partial charge in [0.15, 0.2) is 0 Å². The number of halogens is 3. The molecule has 3 heterocycles.